The first kappa shape index (κ1) is 23.1. The fourth-order valence-corrected chi connectivity index (χ4v) is 3.17. The Kier molecular flexibility index (Phi) is 7.70. The lowest BCUT2D eigenvalue weighted by molar-refractivity contribution is 0.0734. The van der Waals surface area contributed by atoms with Gasteiger partial charge in [0.15, 0.2) is 11.5 Å². The lowest BCUT2D eigenvalue weighted by atomic mass is 10.2. The number of nitrogens with zero attached hydrogens (tertiary/aromatic N) is 1. The Hall–Kier alpha value is -3.55. The number of hydrogen-bond donors (Lipinski definition) is 1. The summed E-state index contributed by atoms with van der Waals surface area (Å²) >= 11 is 11.9. The molecule has 1 N–H and O–H groups in total. The molecule has 0 aliphatic carbocycles. The molecule has 32 heavy (non-hydrogen) atoms. The summed E-state index contributed by atoms with van der Waals surface area (Å²) in [7, 11) is 3.00. The van der Waals surface area contributed by atoms with Gasteiger partial charge in [-0.3, -0.25) is 4.79 Å². The lowest BCUT2D eigenvalue weighted by Gasteiger charge is -2.08. The van der Waals surface area contributed by atoms with E-state index in [1.54, 1.807) is 48.5 Å². The van der Waals surface area contributed by atoms with Crippen LogP contribution in [0.5, 0.6) is 17.2 Å². The van der Waals surface area contributed by atoms with Gasteiger partial charge in [-0.25, -0.2) is 10.2 Å². The van der Waals surface area contributed by atoms with Crippen molar-refractivity contribution in [1.29, 1.82) is 0 Å². The number of halogens is 2. The summed E-state index contributed by atoms with van der Waals surface area (Å²) in [6.45, 7) is 0. The molecule has 0 aliphatic heterocycles. The summed E-state index contributed by atoms with van der Waals surface area (Å²) in [6, 6.07) is 15.9. The Morgan fingerprint density at radius 1 is 0.938 bits per heavy atom. The van der Waals surface area contributed by atoms with E-state index in [-0.39, 0.29) is 16.3 Å². The smallest absolute Gasteiger partial charge is 0.345 e. The van der Waals surface area contributed by atoms with E-state index in [4.69, 9.17) is 37.4 Å². The van der Waals surface area contributed by atoms with Crippen LogP contribution in [-0.4, -0.2) is 32.3 Å². The summed E-state index contributed by atoms with van der Waals surface area (Å²) in [5.41, 5.74) is 3.57. The van der Waals surface area contributed by atoms with E-state index in [2.05, 4.69) is 10.5 Å². The van der Waals surface area contributed by atoms with Crippen molar-refractivity contribution in [2.24, 2.45) is 5.10 Å². The van der Waals surface area contributed by atoms with Gasteiger partial charge in [0.2, 0.25) is 0 Å². The van der Waals surface area contributed by atoms with Crippen molar-refractivity contribution >= 4 is 41.3 Å². The third-order valence-electron chi connectivity index (χ3n) is 4.25. The van der Waals surface area contributed by atoms with Crippen LogP contribution in [0.15, 0.2) is 65.8 Å². The Morgan fingerprint density at radius 3 is 2.44 bits per heavy atom. The van der Waals surface area contributed by atoms with Crippen LogP contribution >= 0.6 is 23.2 Å². The van der Waals surface area contributed by atoms with Crippen LogP contribution in [0.1, 0.15) is 26.3 Å². The Bertz CT molecular complexity index is 1180. The summed E-state index contributed by atoms with van der Waals surface area (Å²) in [5.74, 6) is 0.180. The van der Waals surface area contributed by atoms with Gasteiger partial charge in [-0.15, -0.1) is 0 Å². The van der Waals surface area contributed by atoms with Gasteiger partial charge in [-0.05, 0) is 54.1 Å². The van der Waals surface area contributed by atoms with Crippen LogP contribution in [0.4, 0.5) is 0 Å². The molecular formula is C23H18Cl2N2O5. The molecule has 0 unspecified atom stereocenters. The molecule has 3 aromatic rings. The molecule has 3 rings (SSSR count). The van der Waals surface area contributed by atoms with E-state index < -0.39 is 11.9 Å². The average molecular weight is 473 g/mol. The van der Waals surface area contributed by atoms with Crippen LogP contribution in [0, 0.1) is 0 Å². The van der Waals surface area contributed by atoms with Crippen LogP contribution < -0.4 is 19.6 Å². The van der Waals surface area contributed by atoms with Gasteiger partial charge in [0.1, 0.15) is 5.75 Å². The van der Waals surface area contributed by atoms with Crippen LogP contribution in [0.25, 0.3) is 0 Å². The molecular weight excluding hydrogens is 455 g/mol. The quantitative estimate of drug-likeness (QED) is 0.226. The van der Waals surface area contributed by atoms with Gasteiger partial charge in [-0.2, -0.15) is 5.10 Å². The van der Waals surface area contributed by atoms with Crippen LogP contribution in [0.3, 0.4) is 0 Å². The normalized spacial score (nSPS) is 10.6. The molecule has 0 aliphatic rings. The number of rotatable bonds is 7. The highest BCUT2D eigenvalue weighted by Crippen LogP contribution is 2.27. The van der Waals surface area contributed by atoms with Crippen molar-refractivity contribution in [3.05, 3.63) is 87.4 Å². The SMILES string of the molecule is COc1ccc(C(=O)NN=Cc2cccc(OC(=O)c3ccc(Cl)cc3Cl)c2)cc1OC. The van der Waals surface area contributed by atoms with E-state index in [0.29, 0.717) is 27.6 Å². The van der Waals surface area contributed by atoms with E-state index >= 15 is 0 Å². The number of carbonyl (C=O) groups is 2. The maximum atomic E-state index is 12.4. The van der Waals surface area contributed by atoms with Crippen LogP contribution in [0.2, 0.25) is 10.0 Å². The summed E-state index contributed by atoms with van der Waals surface area (Å²) in [6.07, 6.45) is 1.42. The third kappa shape index (κ3) is 5.78. The van der Waals surface area contributed by atoms with Crippen molar-refractivity contribution in [2.75, 3.05) is 14.2 Å². The maximum Gasteiger partial charge on any atom is 0.345 e. The molecule has 0 fully saturated rings. The first-order valence-electron chi connectivity index (χ1n) is 9.24. The van der Waals surface area contributed by atoms with Gasteiger partial charge in [0.25, 0.3) is 5.91 Å². The van der Waals surface area contributed by atoms with E-state index in [0.717, 1.165) is 0 Å². The average Bonchev–Trinajstić information content (AvgIpc) is 2.78. The minimum atomic E-state index is -0.623. The van der Waals surface area contributed by atoms with E-state index in [1.807, 2.05) is 0 Å². The number of amides is 1. The molecule has 0 bridgehead atoms. The number of carbonyl (C=O) groups excluding carboxylic acids is 2. The molecule has 0 saturated heterocycles. The Balaban J connectivity index is 1.65. The predicted molar refractivity (Wildman–Crippen MR) is 122 cm³/mol. The molecule has 0 atom stereocenters. The van der Waals surface area contributed by atoms with Gasteiger partial charge >= 0.3 is 5.97 Å². The number of ether oxygens (including phenoxy) is 3. The van der Waals surface area contributed by atoms with E-state index in [9.17, 15) is 9.59 Å². The lowest BCUT2D eigenvalue weighted by Crippen LogP contribution is -2.17. The molecule has 0 saturated carbocycles. The highest BCUT2D eigenvalue weighted by molar-refractivity contribution is 6.36. The van der Waals surface area contributed by atoms with Crippen molar-refractivity contribution < 1.29 is 23.8 Å². The monoisotopic (exact) mass is 472 g/mol. The minimum Gasteiger partial charge on any atom is -0.493 e. The largest absolute Gasteiger partial charge is 0.493 e. The molecule has 3 aromatic carbocycles. The van der Waals surface area contributed by atoms with Gasteiger partial charge in [0.05, 0.1) is 31.0 Å². The molecule has 0 spiro atoms. The molecule has 164 valence electrons. The van der Waals surface area contributed by atoms with Crippen LogP contribution in [-0.2, 0) is 0 Å². The third-order valence-corrected chi connectivity index (χ3v) is 4.79. The number of methoxy groups -OCH3 is 2. The summed E-state index contributed by atoms with van der Waals surface area (Å²) < 4.78 is 15.7. The number of hydrazone groups is 1. The second-order valence-electron chi connectivity index (χ2n) is 6.36. The Labute approximate surface area is 194 Å². The topological polar surface area (TPSA) is 86.2 Å². The number of benzene rings is 3. The first-order valence-corrected chi connectivity index (χ1v) is 9.99. The fourth-order valence-electron chi connectivity index (χ4n) is 2.68. The fraction of sp³-hybridized carbons (Fsp3) is 0.0870. The van der Waals surface area contributed by atoms with Crippen molar-refractivity contribution in [2.45, 2.75) is 0 Å². The number of esters is 1. The minimum absolute atomic E-state index is 0.192. The molecule has 1 amide bonds. The number of nitrogens with one attached hydrogen (secondary N) is 1. The zero-order valence-electron chi connectivity index (χ0n) is 17.1. The first-order chi connectivity index (χ1) is 15.4. The Morgan fingerprint density at radius 2 is 1.72 bits per heavy atom. The molecule has 0 heterocycles. The standard InChI is InChI=1S/C23H18Cl2N2O5/c1-30-20-9-6-15(11-21(20)31-2)22(28)27-26-13-14-4-3-5-17(10-14)32-23(29)18-8-7-16(24)12-19(18)25/h3-13H,1-2H3,(H,27,28). The second kappa shape index (κ2) is 10.7. The highest BCUT2D eigenvalue weighted by Gasteiger charge is 2.13. The molecule has 9 heteroatoms. The van der Waals surface area contributed by atoms with Crippen molar-refractivity contribution in [3.63, 3.8) is 0 Å². The molecule has 0 aromatic heterocycles. The zero-order valence-corrected chi connectivity index (χ0v) is 18.6. The van der Waals surface area contributed by atoms with Crippen molar-refractivity contribution in [3.8, 4) is 17.2 Å². The van der Waals surface area contributed by atoms with Crippen molar-refractivity contribution in [1.82, 2.24) is 5.43 Å². The van der Waals surface area contributed by atoms with Gasteiger partial charge in [0, 0.05) is 10.6 Å². The molecule has 0 radical (unpaired) electrons. The molecule has 7 nitrogen and oxygen atoms in total. The number of hydrogen-bond acceptors (Lipinski definition) is 6. The highest BCUT2D eigenvalue weighted by atomic mass is 35.5. The van der Waals surface area contributed by atoms with E-state index in [1.165, 1.54) is 32.6 Å². The van der Waals surface area contributed by atoms with Gasteiger partial charge < -0.3 is 14.2 Å². The maximum absolute atomic E-state index is 12.4. The summed E-state index contributed by atoms with van der Waals surface area (Å²) in [4.78, 5) is 24.7. The zero-order chi connectivity index (χ0) is 23.1. The predicted octanol–water partition coefficient (Wildman–Crippen LogP) is 4.99. The van der Waals surface area contributed by atoms with Gasteiger partial charge in [-0.1, -0.05) is 35.3 Å². The summed E-state index contributed by atoms with van der Waals surface area (Å²) in [5, 5.41) is 4.55. The second-order valence-corrected chi connectivity index (χ2v) is 7.20.